The highest BCUT2D eigenvalue weighted by Gasteiger charge is 2.14. The van der Waals surface area contributed by atoms with E-state index in [-0.39, 0.29) is 12.5 Å². The van der Waals surface area contributed by atoms with Crippen LogP contribution in [0.1, 0.15) is 5.56 Å². The van der Waals surface area contributed by atoms with Crippen molar-refractivity contribution in [1.29, 1.82) is 0 Å². The second kappa shape index (κ2) is 9.35. The Morgan fingerprint density at radius 2 is 2.11 bits per heavy atom. The summed E-state index contributed by atoms with van der Waals surface area (Å²) in [5.74, 6) is 1.83. The molecule has 0 unspecified atom stereocenters. The van der Waals surface area contributed by atoms with Gasteiger partial charge >= 0.3 is 0 Å². The van der Waals surface area contributed by atoms with Crippen LogP contribution < -0.4 is 14.8 Å². The fourth-order valence-electron chi connectivity index (χ4n) is 2.68. The van der Waals surface area contributed by atoms with Crippen LogP contribution in [0.15, 0.2) is 34.1 Å². The molecule has 0 saturated heterocycles. The van der Waals surface area contributed by atoms with Crippen molar-refractivity contribution < 1.29 is 14.3 Å². The number of aromatic nitrogens is 3. The van der Waals surface area contributed by atoms with Gasteiger partial charge in [0, 0.05) is 11.0 Å². The number of nitrogens with zero attached hydrogens (tertiary/aromatic N) is 2. The normalized spacial score (nSPS) is 10.7. The zero-order chi connectivity index (χ0) is 20.1. The highest BCUT2D eigenvalue weighted by molar-refractivity contribution is 9.10. The number of H-pyrrole nitrogens is 1. The van der Waals surface area contributed by atoms with E-state index in [1.807, 2.05) is 29.6 Å². The minimum atomic E-state index is -0.132. The number of amides is 1. The number of aromatic amines is 1. The fraction of sp³-hybridized carbons (Fsp3) is 0.278. The topological polar surface area (TPSA) is 81.2 Å². The Morgan fingerprint density at radius 3 is 2.79 bits per heavy atom. The molecule has 3 aromatic rings. The number of rotatable bonds is 8. The first-order valence-corrected chi connectivity index (χ1v) is 10.5. The first-order chi connectivity index (χ1) is 13.5. The number of ether oxygens (including phenoxy) is 2. The van der Waals surface area contributed by atoms with Crippen LogP contribution in [0.5, 0.6) is 11.5 Å². The highest BCUT2D eigenvalue weighted by Crippen LogP contribution is 2.33. The van der Waals surface area contributed by atoms with Crippen LogP contribution in [-0.2, 0) is 17.8 Å². The van der Waals surface area contributed by atoms with Crippen molar-refractivity contribution in [2.24, 2.45) is 0 Å². The zero-order valence-electron chi connectivity index (χ0n) is 15.3. The molecule has 3 rings (SSSR count). The molecule has 0 aliphatic heterocycles. The SMILES string of the molecule is COc1cc(Br)c(CCNC(=O)Cn2c(-c3cccs3)n[nH]c2=S)cc1OC. The van der Waals surface area contributed by atoms with Gasteiger partial charge in [-0.05, 0) is 47.8 Å². The molecule has 0 radical (unpaired) electrons. The Balaban J connectivity index is 1.62. The maximum Gasteiger partial charge on any atom is 0.240 e. The number of carbonyl (C=O) groups is 1. The van der Waals surface area contributed by atoms with Gasteiger partial charge in [-0.25, -0.2) is 0 Å². The Hall–Kier alpha value is -2.17. The van der Waals surface area contributed by atoms with Crippen LogP contribution >= 0.6 is 39.5 Å². The number of thiophene rings is 1. The molecule has 0 saturated carbocycles. The summed E-state index contributed by atoms with van der Waals surface area (Å²) in [6.07, 6.45) is 0.640. The maximum atomic E-state index is 12.4. The van der Waals surface area contributed by atoms with Gasteiger partial charge in [-0.1, -0.05) is 22.0 Å². The molecule has 0 aliphatic rings. The number of hydrogen-bond donors (Lipinski definition) is 2. The Morgan fingerprint density at radius 1 is 1.36 bits per heavy atom. The number of benzene rings is 1. The second-order valence-corrected chi connectivity index (χ2v) is 8.00. The van der Waals surface area contributed by atoms with Crippen molar-refractivity contribution in [1.82, 2.24) is 20.1 Å². The van der Waals surface area contributed by atoms with Crippen molar-refractivity contribution >= 4 is 45.4 Å². The molecule has 2 N–H and O–H groups in total. The quantitative estimate of drug-likeness (QED) is 0.477. The molecule has 28 heavy (non-hydrogen) atoms. The van der Waals surface area contributed by atoms with Crippen LogP contribution in [0.2, 0.25) is 0 Å². The average Bonchev–Trinajstić information content (AvgIpc) is 3.33. The number of hydrogen-bond acceptors (Lipinski definition) is 6. The van der Waals surface area contributed by atoms with Crippen LogP contribution in [0, 0.1) is 4.77 Å². The number of carbonyl (C=O) groups excluding carboxylic acids is 1. The van der Waals surface area contributed by atoms with Gasteiger partial charge in [0.05, 0.1) is 19.1 Å². The number of halogens is 1. The predicted molar refractivity (Wildman–Crippen MR) is 115 cm³/mol. The lowest BCUT2D eigenvalue weighted by atomic mass is 10.1. The molecule has 148 valence electrons. The summed E-state index contributed by atoms with van der Waals surface area (Å²) in [7, 11) is 3.19. The van der Waals surface area contributed by atoms with Crippen molar-refractivity contribution in [2.75, 3.05) is 20.8 Å². The monoisotopic (exact) mass is 482 g/mol. The van der Waals surface area contributed by atoms with E-state index < -0.39 is 0 Å². The minimum Gasteiger partial charge on any atom is -0.493 e. The molecule has 7 nitrogen and oxygen atoms in total. The van der Waals surface area contributed by atoms with Gasteiger partial charge in [-0.3, -0.25) is 14.5 Å². The molecular weight excluding hydrogens is 464 g/mol. The predicted octanol–water partition coefficient (Wildman–Crippen LogP) is 3.81. The first-order valence-electron chi connectivity index (χ1n) is 8.39. The van der Waals surface area contributed by atoms with Crippen molar-refractivity contribution in [3.05, 3.63) is 44.5 Å². The first kappa shape index (κ1) is 20.6. The minimum absolute atomic E-state index is 0.107. The molecular formula is C18H19BrN4O3S2. The summed E-state index contributed by atoms with van der Waals surface area (Å²) in [6, 6.07) is 7.63. The van der Waals surface area contributed by atoms with Crippen LogP contribution in [0.4, 0.5) is 0 Å². The Kier molecular flexibility index (Phi) is 6.87. The third-order valence-corrected chi connectivity index (χ3v) is 5.99. The summed E-state index contributed by atoms with van der Waals surface area (Å²) < 4.78 is 13.6. The maximum absolute atomic E-state index is 12.4. The van der Waals surface area contributed by atoms with Gasteiger partial charge in [-0.15, -0.1) is 11.3 Å². The highest BCUT2D eigenvalue weighted by atomic mass is 79.9. The largest absolute Gasteiger partial charge is 0.493 e. The van der Waals surface area contributed by atoms with Gasteiger partial charge in [0.1, 0.15) is 6.54 Å². The summed E-state index contributed by atoms with van der Waals surface area (Å²) >= 11 is 10.3. The van der Waals surface area contributed by atoms with Gasteiger partial charge in [-0.2, -0.15) is 5.10 Å². The van der Waals surface area contributed by atoms with Crippen molar-refractivity contribution in [3.63, 3.8) is 0 Å². The van der Waals surface area contributed by atoms with E-state index in [1.54, 1.807) is 30.1 Å². The molecule has 0 aliphatic carbocycles. The van der Waals surface area contributed by atoms with Gasteiger partial charge in [0.15, 0.2) is 22.1 Å². The lowest BCUT2D eigenvalue weighted by Crippen LogP contribution is -2.29. The third kappa shape index (κ3) is 4.62. The Labute approximate surface area is 179 Å². The van der Waals surface area contributed by atoms with E-state index in [1.165, 1.54) is 0 Å². The zero-order valence-corrected chi connectivity index (χ0v) is 18.5. The molecule has 0 fully saturated rings. The van der Waals surface area contributed by atoms with Crippen LogP contribution in [0.25, 0.3) is 10.7 Å². The molecule has 10 heteroatoms. The van der Waals surface area contributed by atoms with Crippen molar-refractivity contribution in [3.8, 4) is 22.2 Å². The summed E-state index contributed by atoms with van der Waals surface area (Å²) in [5, 5.41) is 11.9. The van der Waals surface area contributed by atoms with Gasteiger partial charge in [0.2, 0.25) is 5.91 Å². The fourth-order valence-corrected chi connectivity index (χ4v) is 4.12. The van der Waals surface area contributed by atoms with E-state index >= 15 is 0 Å². The Bertz CT molecular complexity index is 1010. The number of nitrogens with one attached hydrogen (secondary N) is 2. The molecule has 1 aromatic carbocycles. The smallest absolute Gasteiger partial charge is 0.240 e. The van der Waals surface area contributed by atoms with Crippen molar-refractivity contribution in [2.45, 2.75) is 13.0 Å². The molecule has 0 spiro atoms. The van der Waals surface area contributed by atoms with E-state index in [2.05, 4.69) is 31.4 Å². The van der Waals surface area contributed by atoms with Crippen LogP contribution in [-0.4, -0.2) is 41.4 Å². The molecule has 2 aromatic heterocycles. The second-order valence-electron chi connectivity index (χ2n) is 5.81. The van der Waals surface area contributed by atoms with E-state index in [4.69, 9.17) is 21.7 Å². The lowest BCUT2D eigenvalue weighted by Gasteiger charge is -2.12. The van der Waals surface area contributed by atoms with E-state index in [9.17, 15) is 4.79 Å². The molecule has 0 bridgehead atoms. The standard InChI is InChI=1S/C18H19BrN4O3S2/c1-25-13-8-11(12(19)9-14(13)26-2)5-6-20-16(24)10-23-17(21-22-18(23)27)15-4-3-7-28-15/h3-4,7-9H,5-6,10H2,1-2H3,(H,20,24)(H,22,27). The molecule has 0 atom stereocenters. The average molecular weight is 483 g/mol. The summed E-state index contributed by atoms with van der Waals surface area (Å²) in [5.41, 5.74) is 1.01. The van der Waals surface area contributed by atoms with Crippen LogP contribution in [0.3, 0.4) is 0 Å². The summed E-state index contributed by atoms with van der Waals surface area (Å²) in [6.45, 7) is 0.585. The molecule has 2 heterocycles. The molecule has 1 amide bonds. The summed E-state index contributed by atoms with van der Waals surface area (Å²) in [4.78, 5) is 13.4. The van der Waals surface area contributed by atoms with Gasteiger partial charge < -0.3 is 14.8 Å². The van der Waals surface area contributed by atoms with Gasteiger partial charge in [0.25, 0.3) is 0 Å². The number of methoxy groups -OCH3 is 2. The van der Waals surface area contributed by atoms with E-state index in [0.717, 1.165) is 14.9 Å². The third-order valence-electron chi connectivity index (χ3n) is 4.07. The lowest BCUT2D eigenvalue weighted by molar-refractivity contribution is -0.121. The van der Waals surface area contributed by atoms with E-state index in [0.29, 0.717) is 35.1 Å².